The fourth-order valence-corrected chi connectivity index (χ4v) is 4.45. The molecule has 0 unspecified atom stereocenters. The monoisotopic (exact) mass is 446 g/mol. The van der Waals surface area contributed by atoms with Crippen LogP contribution in [-0.4, -0.2) is 15.1 Å². The van der Waals surface area contributed by atoms with Gasteiger partial charge in [0, 0.05) is 17.8 Å². The lowest BCUT2D eigenvalue weighted by Gasteiger charge is -2.07. The van der Waals surface area contributed by atoms with E-state index in [1.54, 1.807) is 11.3 Å². The van der Waals surface area contributed by atoms with Gasteiger partial charge in [-0.05, 0) is 34.0 Å². The van der Waals surface area contributed by atoms with Crippen LogP contribution in [0.15, 0.2) is 80.0 Å². The molecule has 160 valence electrons. The Hall–Kier alpha value is -3.91. The van der Waals surface area contributed by atoms with Gasteiger partial charge in [-0.1, -0.05) is 42.5 Å². The minimum atomic E-state index is -0.700. The molecule has 0 saturated heterocycles. The Kier molecular flexibility index (Phi) is 4.99. The molecular weight excluding hydrogens is 428 g/mol. The van der Waals surface area contributed by atoms with Gasteiger partial charge in [0.1, 0.15) is 12.0 Å². The molecule has 2 aromatic carbocycles. The van der Waals surface area contributed by atoms with E-state index < -0.39 is 17.2 Å². The van der Waals surface area contributed by atoms with Crippen molar-refractivity contribution in [2.45, 2.75) is 13.2 Å². The molecule has 0 amide bonds. The van der Waals surface area contributed by atoms with Crippen LogP contribution in [0.25, 0.3) is 21.2 Å². The normalized spacial score (nSPS) is 11.3. The van der Waals surface area contributed by atoms with Gasteiger partial charge in [-0.25, -0.2) is 9.59 Å². The summed E-state index contributed by atoms with van der Waals surface area (Å²) >= 11 is 1.61. The predicted molar refractivity (Wildman–Crippen MR) is 122 cm³/mol. The van der Waals surface area contributed by atoms with Crippen LogP contribution in [0.4, 0.5) is 0 Å². The highest BCUT2D eigenvalue weighted by Gasteiger charge is 2.20. The van der Waals surface area contributed by atoms with E-state index in [1.165, 1.54) is 17.7 Å². The van der Waals surface area contributed by atoms with Crippen molar-refractivity contribution in [3.63, 3.8) is 0 Å². The Labute approximate surface area is 185 Å². The second-order valence-electron chi connectivity index (χ2n) is 7.42. The number of aryl methyl sites for hydroxylation is 1. The van der Waals surface area contributed by atoms with E-state index in [0.717, 1.165) is 25.8 Å². The van der Waals surface area contributed by atoms with Crippen LogP contribution in [0.5, 0.6) is 0 Å². The molecule has 0 bridgehead atoms. The number of carbonyl (C=O) groups excluding carboxylic acids is 1. The highest BCUT2D eigenvalue weighted by atomic mass is 32.1. The van der Waals surface area contributed by atoms with Gasteiger partial charge < -0.3 is 9.15 Å². The van der Waals surface area contributed by atoms with Gasteiger partial charge in [-0.15, -0.1) is 11.3 Å². The third kappa shape index (κ3) is 3.54. The Morgan fingerprint density at radius 1 is 1.03 bits per heavy atom. The lowest BCUT2D eigenvalue weighted by atomic mass is 10.2. The van der Waals surface area contributed by atoms with Crippen molar-refractivity contribution < 1.29 is 13.9 Å². The van der Waals surface area contributed by atoms with E-state index in [9.17, 15) is 14.4 Å². The first kappa shape index (κ1) is 20.0. The Bertz CT molecular complexity index is 1570. The summed E-state index contributed by atoms with van der Waals surface area (Å²) in [5.41, 5.74) is 0.665. The molecule has 0 atom stereocenters. The summed E-state index contributed by atoms with van der Waals surface area (Å²) in [7, 11) is 1.50. The summed E-state index contributed by atoms with van der Waals surface area (Å²) in [6, 6.07) is 18.4. The number of benzene rings is 2. The number of rotatable bonds is 5. The maximum absolute atomic E-state index is 13.0. The lowest BCUT2D eigenvalue weighted by molar-refractivity contribution is 0.0438. The van der Waals surface area contributed by atoms with Crippen LogP contribution in [0, 0.1) is 0 Å². The SMILES string of the molecule is Cn1c(=O)n(Cc2ccccc2)c(=O)c2cc(C(=O)OCc3ccc4ccsc4c3)oc21. The van der Waals surface area contributed by atoms with Gasteiger partial charge in [0.15, 0.2) is 0 Å². The van der Waals surface area contributed by atoms with Gasteiger partial charge in [-0.3, -0.25) is 13.9 Å². The molecule has 0 N–H and O–H groups in total. The average Bonchev–Trinajstić information content (AvgIpc) is 3.47. The number of carbonyl (C=O) groups is 1. The second kappa shape index (κ2) is 7.97. The quantitative estimate of drug-likeness (QED) is 0.382. The number of ether oxygens (including phenoxy) is 1. The first-order valence-corrected chi connectivity index (χ1v) is 10.8. The molecule has 3 aromatic heterocycles. The van der Waals surface area contributed by atoms with E-state index in [-0.39, 0.29) is 30.0 Å². The molecule has 0 radical (unpaired) electrons. The van der Waals surface area contributed by atoms with E-state index in [4.69, 9.17) is 9.15 Å². The summed E-state index contributed by atoms with van der Waals surface area (Å²) in [4.78, 5) is 38.3. The molecule has 0 aliphatic rings. The standard InChI is InChI=1S/C24H18N2O5S/c1-25-22-18(21(27)26(24(25)29)13-15-5-3-2-4-6-15)12-19(31-22)23(28)30-14-16-7-8-17-9-10-32-20(17)11-16/h2-12H,13-14H2,1H3. The highest BCUT2D eigenvalue weighted by molar-refractivity contribution is 7.17. The molecule has 0 aliphatic heterocycles. The highest BCUT2D eigenvalue weighted by Crippen LogP contribution is 2.23. The first-order chi connectivity index (χ1) is 15.5. The number of aromatic nitrogens is 2. The van der Waals surface area contributed by atoms with E-state index >= 15 is 0 Å². The van der Waals surface area contributed by atoms with E-state index in [2.05, 4.69) is 0 Å². The summed E-state index contributed by atoms with van der Waals surface area (Å²) in [5, 5.41) is 3.29. The molecule has 0 fully saturated rings. The van der Waals surface area contributed by atoms with Crippen molar-refractivity contribution in [1.29, 1.82) is 0 Å². The Morgan fingerprint density at radius 3 is 2.66 bits per heavy atom. The minimum absolute atomic E-state index is 0.0382. The Balaban J connectivity index is 1.43. The van der Waals surface area contributed by atoms with Gasteiger partial charge >= 0.3 is 11.7 Å². The van der Waals surface area contributed by atoms with Crippen LogP contribution >= 0.6 is 11.3 Å². The molecular formula is C24H18N2O5S. The molecule has 8 heteroatoms. The number of furan rings is 1. The number of fused-ring (bicyclic) bond motifs is 2. The van der Waals surface area contributed by atoms with Crippen LogP contribution in [0.1, 0.15) is 21.7 Å². The Morgan fingerprint density at radius 2 is 1.84 bits per heavy atom. The van der Waals surface area contributed by atoms with Crippen molar-refractivity contribution in [3.8, 4) is 0 Å². The summed E-state index contributed by atoms with van der Waals surface area (Å²) in [6.07, 6.45) is 0. The molecule has 3 heterocycles. The molecule has 0 aliphatic carbocycles. The van der Waals surface area contributed by atoms with Gasteiger partial charge in [-0.2, -0.15) is 0 Å². The summed E-state index contributed by atoms with van der Waals surface area (Å²) in [5.74, 6) is -0.823. The van der Waals surface area contributed by atoms with Crippen molar-refractivity contribution in [2.24, 2.45) is 7.05 Å². The van der Waals surface area contributed by atoms with E-state index in [1.807, 2.05) is 60.0 Å². The number of esters is 1. The van der Waals surface area contributed by atoms with Gasteiger partial charge in [0.25, 0.3) is 5.56 Å². The van der Waals surface area contributed by atoms with Crippen LogP contribution in [0.3, 0.4) is 0 Å². The molecule has 0 spiro atoms. The summed E-state index contributed by atoms with van der Waals surface area (Å²) < 4.78 is 14.4. The molecule has 5 aromatic rings. The molecule has 7 nitrogen and oxygen atoms in total. The maximum atomic E-state index is 13.0. The van der Waals surface area contributed by atoms with Gasteiger partial charge in [0.2, 0.25) is 11.5 Å². The third-order valence-electron chi connectivity index (χ3n) is 5.29. The molecule has 5 rings (SSSR count). The van der Waals surface area contributed by atoms with E-state index in [0.29, 0.717) is 0 Å². The zero-order valence-corrected chi connectivity index (χ0v) is 17.9. The fraction of sp³-hybridized carbons (Fsp3) is 0.125. The topological polar surface area (TPSA) is 83.4 Å². The largest absolute Gasteiger partial charge is 0.455 e. The molecule has 0 saturated carbocycles. The fourth-order valence-electron chi connectivity index (χ4n) is 3.60. The van der Waals surface area contributed by atoms with Crippen molar-refractivity contribution in [2.75, 3.05) is 0 Å². The number of hydrogen-bond acceptors (Lipinski definition) is 6. The maximum Gasteiger partial charge on any atom is 0.374 e. The van der Waals surface area contributed by atoms with Gasteiger partial charge in [0.05, 0.1) is 6.54 Å². The van der Waals surface area contributed by atoms with Crippen molar-refractivity contribution in [1.82, 2.24) is 9.13 Å². The number of hydrogen-bond donors (Lipinski definition) is 0. The minimum Gasteiger partial charge on any atom is -0.455 e. The van der Waals surface area contributed by atoms with Crippen LogP contribution in [0.2, 0.25) is 0 Å². The predicted octanol–water partition coefficient (Wildman–Crippen LogP) is 3.91. The number of nitrogens with zero attached hydrogens (tertiary/aromatic N) is 2. The van der Waals surface area contributed by atoms with Crippen LogP contribution < -0.4 is 11.2 Å². The average molecular weight is 446 g/mol. The smallest absolute Gasteiger partial charge is 0.374 e. The van der Waals surface area contributed by atoms with Crippen molar-refractivity contribution in [3.05, 3.63) is 104 Å². The summed E-state index contributed by atoms with van der Waals surface area (Å²) in [6.45, 7) is 0.194. The zero-order valence-electron chi connectivity index (χ0n) is 17.1. The molecule has 32 heavy (non-hydrogen) atoms. The lowest BCUT2D eigenvalue weighted by Crippen LogP contribution is -2.38. The third-order valence-corrected chi connectivity index (χ3v) is 6.17. The zero-order chi connectivity index (χ0) is 22.2. The first-order valence-electron chi connectivity index (χ1n) is 9.92. The second-order valence-corrected chi connectivity index (χ2v) is 8.36. The van der Waals surface area contributed by atoms with Crippen molar-refractivity contribution >= 4 is 38.5 Å². The number of thiophene rings is 1. The van der Waals surface area contributed by atoms with Crippen LogP contribution in [-0.2, 0) is 24.9 Å².